The van der Waals surface area contributed by atoms with E-state index in [-0.39, 0.29) is 12.0 Å². The number of hydrogen-bond acceptors (Lipinski definition) is 10. The van der Waals surface area contributed by atoms with Gasteiger partial charge in [0.05, 0.1) is 6.10 Å². The number of esters is 1. The average Bonchev–Trinajstić information content (AvgIpc) is 2.80. The molecule has 1 aliphatic heterocycles. The molecule has 1 aromatic rings. The highest BCUT2D eigenvalue weighted by molar-refractivity contribution is 5.87. The minimum Gasteiger partial charge on any atom is -0.478 e. The number of rotatable bonds is 7. The van der Waals surface area contributed by atoms with Crippen molar-refractivity contribution in [3.8, 4) is 0 Å². The van der Waals surface area contributed by atoms with Crippen LogP contribution >= 0.6 is 0 Å². The van der Waals surface area contributed by atoms with Crippen LogP contribution in [-0.4, -0.2) is 98.2 Å². The molecule has 0 amide bonds. The molecule has 0 bridgehead atoms. The lowest BCUT2D eigenvalue weighted by molar-refractivity contribution is -0.319. The minimum atomic E-state index is -1.76. The van der Waals surface area contributed by atoms with E-state index in [0.717, 1.165) is 11.6 Å². The maximum atomic E-state index is 12.0. The molecule has 0 unspecified atom stereocenters. The molecule has 6 N–H and O–H groups in total. The molecule has 0 saturated carbocycles. The predicted octanol–water partition coefficient (Wildman–Crippen LogP) is -1.43. The van der Waals surface area contributed by atoms with Gasteiger partial charge in [0.1, 0.15) is 43.2 Å². The molecule has 0 radical (unpaired) electrons. The van der Waals surface area contributed by atoms with E-state index in [1.54, 1.807) is 24.3 Å². The SMILES string of the molecule is O=C(/C=C/c1ccccc1)OC[C@H]1O[C@@H](O[C@@H]2CC(C(=O)O)=C[C@@H](O)[C@H]2O)[C@H](O)[C@@H](O)[C@@H]1O. The second-order valence-corrected chi connectivity index (χ2v) is 7.75. The standard InChI is InChI=1S/C22H26O11/c23-13-8-12(21(29)30)9-14(17(13)25)32-22-20(28)19(27)18(26)15(33-22)10-31-16(24)7-6-11-4-2-1-3-5-11/h1-8,13-15,17-20,22-23,25-28H,9-10H2,(H,29,30)/b7-6+/t13-,14-,15-,17-,18-,19+,20-,22-/m1/s1. The van der Waals surface area contributed by atoms with Crippen molar-refractivity contribution in [2.75, 3.05) is 6.61 Å². The number of hydrogen-bond donors (Lipinski definition) is 6. The van der Waals surface area contributed by atoms with Crippen LogP contribution in [0.2, 0.25) is 0 Å². The summed E-state index contributed by atoms with van der Waals surface area (Å²) in [4.78, 5) is 23.2. The summed E-state index contributed by atoms with van der Waals surface area (Å²) in [6.45, 7) is -0.487. The topological polar surface area (TPSA) is 183 Å². The molecule has 2 aliphatic rings. The van der Waals surface area contributed by atoms with Gasteiger partial charge in [0.25, 0.3) is 0 Å². The maximum absolute atomic E-state index is 12.0. The van der Waals surface area contributed by atoms with E-state index in [2.05, 4.69) is 0 Å². The number of aliphatic hydroxyl groups excluding tert-OH is 5. The van der Waals surface area contributed by atoms with Crippen LogP contribution in [0.1, 0.15) is 12.0 Å². The lowest BCUT2D eigenvalue weighted by Crippen LogP contribution is -2.60. The van der Waals surface area contributed by atoms with Crippen molar-refractivity contribution >= 4 is 18.0 Å². The summed E-state index contributed by atoms with van der Waals surface area (Å²) in [7, 11) is 0. The second-order valence-electron chi connectivity index (χ2n) is 7.75. The van der Waals surface area contributed by atoms with E-state index in [9.17, 15) is 35.1 Å². The van der Waals surface area contributed by atoms with Crippen molar-refractivity contribution in [2.24, 2.45) is 0 Å². The van der Waals surface area contributed by atoms with Crippen LogP contribution in [0, 0.1) is 0 Å². The van der Waals surface area contributed by atoms with Crippen molar-refractivity contribution in [1.29, 1.82) is 0 Å². The lowest BCUT2D eigenvalue weighted by Gasteiger charge is -2.42. The molecule has 0 spiro atoms. The summed E-state index contributed by atoms with van der Waals surface area (Å²) in [6, 6.07) is 8.96. The number of carbonyl (C=O) groups is 2. The lowest BCUT2D eigenvalue weighted by atomic mass is 9.91. The van der Waals surface area contributed by atoms with Gasteiger partial charge in [-0.25, -0.2) is 9.59 Å². The monoisotopic (exact) mass is 466 g/mol. The average molecular weight is 466 g/mol. The van der Waals surface area contributed by atoms with Gasteiger partial charge >= 0.3 is 11.9 Å². The Labute approximate surface area is 188 Å². The van der Waals surface area contributed by atoms with Gasteiger partial charge in [-0.3, -0.25) is 0 Å². The largest absolute Gasteiger partial charge is 0.478 e. The normalized spacial score (nSPS) is 34.6. The highest BCUT2D eigenvalue weighted by Crippen LogP contribution is 2.28. The van der Waals surface area contributed by atoms with E-state index in [1.165, 1.54) is 12.2 Å². The second kappa shape index (κ2) is 11.0. The van der Waals surface area contributed by atoms with Gasteiger partial charge < -0.3 is 44.8 Å². The summed E-state index contributed by atoms with van der Waals surface area (Å²) in [6.07, 6.45) is -8.98. The van der Waals surface area contributed by atoms with E-state index in [4.69, 9.17) is 19.3 Å². The molecule has 0 aromatic heterocycles. The van der Waals surface area contributed by atoms with Gasteiger partial charge in [0, 0.05) is 18.1 Å². The number of aliphatic hydroxyl groups is 5. The summed E-state index contributed by atoms with van der Waals surface area (Å²) in [5.74, 6) is -2.06. The van der Waals surface area contributed by atoms with Crippen LogP contribution in [-0.2, 0) is 23.8 Å². The molecule has 33 heavy (non-hydrogen) atoms. The molecule has 1 aromatic carbocycles. The fourth-order valence-electron chi connectivity index (χ4n) is 3.50. The zero-order valence-corrected chi connectivity index (χ0v) is 17.4. The van der Waals surface area contributed by atoms with Gasteiger partial charge in [0.2, 0.25) is 0 Å². The van der Waals surface area contributed by atoms with Crippen molar-refractivity contribution in [2.45, 2.75) is 55.4 Å². The van der Waals surface area contributed by atoms with Crippen LogP contribution < -0.4 is 0 Å². The van der Waals surface area contributed by atoms with Crippen LogP contribution in [0.3, 0.4) is 0 Å². The number of carboxylic acid groups (broad SMARTS) is 1. The van der Waals surface area contributed by atoms with E-state index < -0.39 is 67.6 Å². The zero-order chi connectivity index (χ0) is 24.1. The highest BCUT2D eigenvalue weighted by atomic mass is 16.7. The fraction of sp³-hybridized carbons (Fsp3) is 0.455. The molecule has 11 nitrogen and oxygen atoms in total. The molecule has 1 heterocycles. The van der Waals surface area contributed by atoms with Crippen molar-refractivity contribution in [1.82, 2.24) is 0 Å². The molecule has 1 fully saturated rings. The third-order valence-corrected chi connectivity index (χ3v) is 5.38. The van der Waals surface area contributed by atoms with Crippen LogP contribution in [0.15, 0.2) is 48.1 Å². The van der Waals surface area contributed by atoms with Crippen LogP contribution in [0.5, 0.6) is 0 Å². The summed E-state index contributed by atoms with van der Waals surface area (Å²) >= 11 is 0. The molecule has 1 aliphatic carbocycles. The Morgan fingerprint density at radius 2 is 1.70 bits per heavy atom. The van der Waals surface area contributed by atoms with E-state index in [0.29, 0.717) is 0 Å². The predicted molar refractivity (Wildman–Crippen MR) is 110 cm³/mol. The molecule has 1 saturated heterocycles. The molecule has 3 rings (SSSR count). The van der Waals surface area contributed by atoms with E-state index >= 15 is 0 Å². The van der Waals surface area contributed by atoms with Gasteiger partial charge in [-0.15, -0.1) is 0 Å². The molecule has 11 heteroatoms. The molecule has 8 atom stereocenters. The van der Waals surface area contributed by atoms with Crippen LogP contribution in [0.4, 0.5) is 0 Å². The van der Waals surface area contributed by atoms with Gasteiger partial charge in [-0.2, -0.15) is 0 Å². The Morgan fingerprint density at radius 3 is 2.36 bits per heavy atom. The van der Waals surface area contributed by atoms with Crippen molar-refractivity contribution < 1.29 is 54.4 Å². The number of carboxylic acids is 1. The van der Waals surface area contributed by atoms with Gasteiger partial charge in [-0.1, -0.05) is 30.3 Å². The minimum absolute atomic E-state index is 0.209. The Balaban J connectivity index is 1.61. The van der Waals surface area contributed by atoms with Gasteiger partial charge in [0.15, 0.2) is 6.29 Å². The quantitative estimate of drug-likeness (QED) is 0.205. The first-order chi connectivity index (χ1) is 15.7. The Kier molecular flexibility index (Phi) is 8.32. The Morgan fingerprint density at radius 1 is 1.00 bits per heavy atom. The first-order valence-corrected chi connectivity index (χ1v) is 10.2. The first-order valence-electron chi connectivity index (χ1n) is 10.2. The van der Waals surface area contributed by atoms with Crippen molar-refractivity contribution in [3.63, 3.8) is 0 Å². The summed E-state index contributed by atoms with van der Waals surface area (Å²) in [5.41, 5.74) is 0.554. The van der Waals surface area contributed by atoms with Crippen LogP contribution in [0.25, 0.3) is 6.08 Å². The fourth-order valence-corrected chi connectivity index (χ4v) is 3.50. The number of carbonyl (C=O) groups excluding carboxylic acids is 1. The smallest absolute Gasteiger partial charge is 0.331 e. The third kappa shape index (κ3) is 6.24. The van der Waals surface area contributed by atoms with Crippen molar-refractivity contribution in [3.05, 3.63) is 53.6 Å². The first kappa shape index (κ1) is 25.0. The Bertz CT molecular complexity index is 884. The summed E-state index contributed by atoms with van der Waals surface area (Å²) < 4.78 is 15.9. The number of aliphatic carboxylic acids is 1. The molecular formula is C22H26O11. The van der Waals surface area contributed by atoms with Gasteiger partial charge in [-0.05, 0) is 17.7 Å². The third-order valence-electron chi connectivity index (χ3n) is 5.38. The summed E-state index contributed by atoms with van der Waals surface area (Å²) in [5, 5.41) is 59.7. The number of benzene rings is 1. The molecular weight excluding hydrogens is 440 g/mol. The zero-order valence-electron chi connectivity index (χ0n) is 17.4. The molecule has 180 valence electrons. The number of ether oxygens (including phenoxy) is 3. The Hall–Kier alpha value is -2.64. The highest BCUT2D eigenvalue weighted by Gasteiger charge is 2.47. The maximum Gasteiger partial charge on any atom is 0.331 e. The van der Waals surface area contributed by atoms with E-state index in [1.807, 2.05) is 6.07 Å².